The molecule has 3 heterocycles. The molecule has 1 atom stereocenters. The summed E-state index contributed by atoms with van der Waals surface area (Å²) in [5, 5.41) is 1.13. The SMILES string of the molecule is O=C(Cc1c[nH]c2ccccc12)N1CCCC1c1ccccn1. The van der Waals surface area contributed by atoms with Crippen LogP contribution in [0.5, 0.6) is 0 Å². The molecule has 4 heteroatoms. The molecule has 1 aliphatic heterocycles. The van der Waals surface area contributed by atoms with Crippen molar-refractivity contribution >= 4 is 16.8 Å². The molecule has 4 rings (SSSR count). The van der Waals surface area contributed by atoms with E-state index in [0.29, 0.717) is 6.42 Å². The van der Waals surface area contributed by atoms with E-state index in [9.17, 15) is 4.79 Å². The van der Waals surface area contributed by atoms with Gasteiger partial charge in [0.1, 0.15) is 0 Å². The molecule has 3 aromatic rings. The predicted octanol–water partition coefficient (Wildman–Crippen LogP) is 3.47. The molecular weight excluding hydrogens is 286 g/mol. The lowest BCUT2D eigenvalue weighted by molar-refractivity contribution is -0.131. The average molecular weight is 305 g/mol. The maximum Gasteiger partial charge on any atom is 0.227 e. The highest BCUT2D eigenvalue weighted by atomic mass is 16.2. The van der Waals surface area contributed by atoms with Crippen molar-refractivity contribution in [1.82, 2.24) is 14.9 Å². The van der Waals surface area contributed by atoms with Gasteiger partial charge in [-0.3, -0.25) is 9.78 Å². The zero-order valence-electron chi connectivity index (χ0n) is 12.9. The second kappa shape index (κ2) is 5.88. The van der Waals surface area contributed by atoms with Crippen molar-refractivity contribution in [3.8, 4) is 0 Å². The van der Waals surface area contributed by atoms with Crippen LogP contribution < -0.4 is 0 Å². The van der Waals surface area contributed by atoms with Gasteiger partial charge >= 0.3 is 0 Å². The van der Waals surface area contributed by atoms with E-state index in [1.807, 2.05) is 47.5 Å². The molecule has 1 saturated heterocycles. The molecule has 1 N–H and O–H groups in total. The first-order chi connectivity index (χ1) is 11.3. The van der Waals surface area contributed by atoms with E-state index >= 15 is 0 Å². The van der Waals surface area contributed by atoms with Gasteiger partial charge in [-0.2, -0.15) is 0 Å². The third kappa shape index (κ3) is 2.61. The molecule has 0 bridgehead atoms. The first-order valence-corrected chi connectivity index (χ1v) is 8.08. The van der Waals surface area contributed by atoms with E-state index in [1.165, 1.54) is 0 Å². The van der Waals surface area contributed by atoms with E-state index in [1.54, 1.807) is 6.20 Å². The number of likely N-dealkylation sites (tertiary alicyclic amines) is 1. The van der Waals surface area contributed by atoms with Crippen molar-refractivity contribution in [2.45, 2.75) is 25.3 Å². The lowest BCUT2D eigenvalue weighted by Gasteiger charge is -2.24. The molecule has 0 aliphatic carbocycles. The number of aromatic nitrogens is 2. The van der Waals surface area contributed by atoms with E-state index in [0.717, 1.165) is 41.5 Å². The van der Waals surface area contributed by atoms with Gasteiger partial charge in [0, 0.05) is 29.8 Å². The largest absolute Gasteiger partial charge is 0.361 e. The Labute approximate surface area is 135 Å². The molecule has 1 unspecified atom stereocenters. The summed E-state index contributed by atoms with van der Waals surface area (Å²) in [5.41, 5.74) is 3.15. The van der Waals surface area contributed by atoms with Crippen molar-refractivity contribution in [3.05, 3.63) is 66.1 Å². The Morgan fingerprint density at radius 3 is 2.96 bits per heavy atom. The highest BCUT2D eigenvalue weighted by Gasteiger charge is 2.30. The van der Waals surface area contributed by atoms with Crippen LogP contribution in [0, 0.1) is 0 Å². The minimum Gasteiger partial charge on any atom is -0.361 e. The number of hydrogen-bond donors (Lipinski definition) is 1. The number of nitrogens with zero attached hydrogens (tertiary/aromatic N) is 2. The molecule has 1 aromatic carbocycles. The summed E-state index contributed by atoms with van der Waals surface area (Å²) < 4.78 is 0. The van der Waals surface area contributed by atoms with Gasteiger partial charge in [0.15, 0.2) is 0 Å². The van der Waals surface area contributed by atoms with Crippen molar-refractivity contribution < 1.29 is 4.79 Å². The number of fused-ring (bicyclic) bond motifs is 1. The van der Waals surface area contributed by atoms with E-state index in [2.05, 4.69) is 16.0 Å². The number of rotatable bonds is 3. The highest BCUT2D eigenvalue weighted by Crippen LogP contribution is 2.31. The van der Waals surface area contributed by atoms with Crippen LogP contribution in [-0.2, 0) is 11.2 Å². The van der Waals surface area contributed by atoms with E-state index in [4.69, 9.17) is 0 Å². The average Bonchev–Trinajstić information content (AvgIpc) is 3.23. The summed E-state index contributed by atoms with van der Waals surface area (Å²) in [6.07, 6.45) is 6.23. The van der Waals surface area contributed by atoms with Crippen molar-refractivity contribution in [2.24, 2.45) is 0 Å². The maximum absolute atomic E-state index is 12.8. The first kappa shape index (κ1) is 14.0. The summed E-state index contributed by atoms with van der Waals surface area (Å²) >= 11 is 0. The number of hydrogen-bond acceptors (Lipinski definition) is 2. The van der Waals surface area contributed by atoms with E-state index < -0.39 is 0 Å². The first-order valence-electron chi connectivity index (χ1n) is 8.08. The summed E-state index contributed by atoms with van der Waals surface area (Å²) in [4.78, 5) is 22.5. The number of H-pyrrole nitrogens is 1. The van der Waals surface area contributed by atoms with Crippen LogP contribution in [0.15, 0.2) is 54.9 Å². The summed E-state index contributed by atoms with van der Waals surface area (Å²) in [7, 11) is 0. The Balaban J connectivity index is 1.56. The molecule has 0 spiro atoms. The fraction of sp³-hybridized carbons (Fsp3) is 0.263. The van der Waals surface area contributed by atoms with Gasteiger partial charge in [0.05, 0.1) is 18.2 Å². The fourth-order valence-corrected chi connectivity index (χ4v) is 3.49. The molecule has 1 aliphatic rings. The smallest absolute Gasteiger partial charge is 0.227 e. The molecule has 0 radical (unpaired) electrons. The molecule has 23 heavy (non-hydrogen) atoms. The molecule has 116 valence electrons. The van der Waals surface area contributed by atoms with Gasteiger partial charge in [0.2, 0.25) is 5.91 Å². The number of nitrogens with one attached hydrogen (secondary N) is 1. The van der Waals surface area contributed by atoms with Crippen LogP contribution in [0.3, 0.4) is 0 Å². The number of para-hydroxylation sites is 1. The van der Waals surface area contributed by atoms with Gasteiger partial charge in [-0.05, 0) is 36.6 Å². The second-order valence-electron chi connectivity index (χ2n) is 6.04. The van der Waals surface area contributed by atoms with Crippen LogP contribution in [-0.4, -0.2) is 27.3 Å². The minimum absolute atomic E-state index is 0.119. The van der Waals surface area contributed by atoms with Crippen molar-refractivity contribution in [3.63, 3.8) is 0 Å². The van der Waals surface area contributed by atoms with Gasteiger partial charge in [0.25, 0.3) is 0 Å². The monoisotopic (exact) mass is 305 g/mol. The maximum atomic E-state index is 12.8. The zero-order chi connectivity index (χ0) is 15.6. The van der Waals surface area contributed by atoms with Crippen LogP contribution in [0.4, 0.5) is 0 Å². The second-order valence-corrected chi connectivity index (χ2v) is 6.04. The number of pyridine rings is 1. The number of benzene rings is 1. The molecule has 1 fully saturated rings. The fourth-order valence-electron chi connectivity index (χ4n) is 3.49. The van der Waals surface area contributed by atoms with Crippen molar-refractivity contribution in [2.75, 3.05) is 6.54 Å². The molecule has 0 saturated carbocycles. The molecule has 1 amide bonds. The Morgan fingerprint density at radius 1 is 1.22 bits per heavy atom. The molecular formula is C19H19N3O. The third-order valence-electron chi connectivity index (χ3n) is 4.62. The number of carbonyl (C=O) groups is 1. The lowest BCUT2D eigenvalue weighted by atomic mass is 10.1. The van der Waals surface area contributed by atoms with Crippen LogP contribution in [0.2, 0.25) is 0 Å². The topological polar surface area (TPSA) is 49.0 Å². The zero-order valence-corrected chi connectivity index (χ0v) is 12.9. The van der Waals surface area contributed by atoms with Gasteiger partial charge in [-0.15, -0.1) is 0 Å². The third-order valence-corrected chi connectivity index (χ3v) is 4.62. The standard InChI is InChI=1S/C19H19N3O/c23-19(12-14-13-21-16-7-2-1-6-15(14)16)22-11-5-9-18(22)17-8-3-4-10-20-17/h1-4,6-8,10,13,18,21H,5,9,11-12H2. The van der Waals surface area contributed by atoms with Crippen LogP contribution >= 0.6 is 0 Å². The van der Waals surface area contributed by atoms with Gasteiger partial charge in [-0.1, -0.05) is 24.3 Å². The van der Waals surface area contributed by atoms with Crippen LogP contribution in [0.1, 0.15) is 30.1 Å². The summed E-state index contributed by atoms with van der Waals surface area (Å²) in [5.74, 6) is 0.183. The predicted molar refractivity (Wildman–Crippen MR) is 89.9 cm³/mol. The Kier molecular flexibility index (Phi) is 3.58. The quantitative estimate of drug-likeness (QED) is 0.805. The van der Waals surface area contributed by atoms with Crippen molar-refractivity contribution in [1.29, 1.82) is 0 Å². The van der Waals surface area contributed by atoms with Crippen LogP contribution in [0.25, 0.3) is 10.9 Å². The van der Waals surface area contributed by atoms with Gasteiger partial charge in [-0.25, -0.2) is 0 Å². The molecule has 4 nitrogen and oxygen atoms in total. The summed E-state index contributed by atoms with van der Waals surface area (Å²) in [6, 6.07) is 14.2. The lowest BCUT2D eigenvalue weighted by Crippen LogP contribution is -2.32. The molecule has 2 aromatic heterocycles. The highest BCUT2D eigenvalue weighted by molar-refractivity contribution is 5.89. The van der Waals surface area contributed by atoms with Gasteiger partial charge < -0.3 is 9.88 Å². The normalized spacial score (nSPS) is 17.7. The number of amides is 1. The Bertz CT molecular complexity index is 825. The van der Waals surface area contributed by atoms with E-state index in [-0.39, 0.29) is 11.9 Å². The Hall–Kier alpha value is -2.62. The number of aromatic amines is 1. The number of carbonyl (C=O) groups excluding carboxylic acids is 1. The minimum atomic E-state index is 0.119. The Morgan fingerprint density at radius 2 is 2.09 bits per heavy atom. The summed E-state index contributed by atoms with van der Waals surface area (Å²) in [6.45, 7) is 0.822.